The van der Waals surface area contributed by atoms with Gasteiger partial charge in [-0.1, -0.05) is 0 Å². The number of rotatable bonds is 2. The molecule has 0 fully saturated rings. The topological polar surface area (TPSA) is 72.6 Å². The summed E-state index contributed by atoms with van der Waals surface area (Å²) < 4.78 is 6.47. The molecule has 0 aliphatic carbocycles. The Kier molecular flexibility index (Phi) is 4.59. The molecule has 4 nitrogen and oxygen atoms in total. The van der Waals surface area contributed by atoms with Crippen molar-refractivity contribution in [2.75, 3.05) is 0 Å². The number of phenolic OH excluding ortho intramolecular Hbond substituents is 1. The van der Waals surface area contributed by atoms with E-state index in [1.165, 1.54) is 6.07 Å². The molecule has 0 saturated heterocycles. The van der Waals surface area contributed by atoms with Crippen LogP contribution in [0.5, 0.6) is 11.5 Å². The number of phenols is 1. The zero-order valence-electron chi connectivity index (χ0n) is 7.83. The highest BCUT2D eigenvalue weighted by atomic mass is 127. The molecule has 1 atom stereocenters. The molecule has 0 bridgehead atoms. The molecule has 0 aromatic heterocycles. The summed E-state index contributed by atoms with van der Waals surface area (Å²) in [5, 5.41) is 9.44. The average molecular weight is 433 g/mol. The fourth-order valence-corrected chi connectivity index (χ4v) is 2.44. The minimum atomic E-state index is -0.678. The van der Waals surface area contributed by atoms with Gasteiger partial charge < -0.3 is 15.6 Å². The van der Waals surface area contributed by atoms with E-state index in [4.69, 9.17) is 10.5 Å². The van der Waals surface area contributed by atoms with Crippen LogP contribution in [0.4, 0.5) is 0 Å². The molecule has 0 saturated carbocycles. The third-order valence-electron chi connectivity index (χ3n) is 1.58. The van der Waals surface area contributed by atoms with Gasteiger partial charge >= 0.3 is 5.97 Å². The highest BCUT2D eigenvalue weighted by molar-refractivity contribution is 14.1. The largest absolute Gasteiger partial charge is 0.507 e. The van der Waals surface area contributed by atoms with Crippen LogP contribution in [-0.2, 0) is 4.79 Å². The van der Waals surface area contributed by atoms with E-state index in [1.807, 2.05) is 45.2 Å². The SMILES string of the molecule is C[C@H](N)C(=O)Oc1cc(O)c(I)cc1I. The maximum Gasteiger partial charge on any atom is 0.328 e. The monoisotopic (exact) mass is 433 g/mol. The lowest BCUT2D eigenvalue weighted by atomic mass is 10.3. The van der Waals surface area contributed by atoms with Crippen LogP contribution in [0.1, 0.15) is 6.92 Å². The zero-order valence-corrected chi connectivity index (χ0v) is 12.1. The Balaban J connectivity index is 2.96. The van der Waals surface area contributed by atoms with Crippen LogP contribution in [0.2, 0.25) is 0 Å². The molecule has 0 heterocycles. The number of carbonyl (C=O) groups excluding carboxylic acids is 1. The van der Waals surface area contributed by atoms with E-state index < -0.39 is 12.0 Å². The molecule has 0 aliphatic rings. The fraction of sp³-hybridized carbons (Fsp3) is 0.222. The number of benzene rings is 1. The van der Waals surface area contributed by atoms with Crippen LogP contribution in [0.3, 0.4) is 0 Å². The number of carbonyl (C=O) groups is 1. The standard InChI is InChI=1S/C9H9I2NO3/c1-4(12)9(14)15-8-3-7(13)5(10)2-6(8)11/h2-4,13H,12H2,1H3/t4-/m0/s1. The van der Waals surface area contributed by atoms with E-state index >= 15 is 0 Å². The van der Waals surface area contributed by atoms with E-state index in [0.717, 1.165) is 3.57 Å². The van der Waals surface area contributed by atoms with Gasteiger partial charge in [-0.05, 0) is 58.2 Å². The normalized spacial score (nSPS) is 12.3. The van der Waals surface area contributed by atoms with E-state index in [0.29, 0.717) is 9.32 Å². The molecule has 0 unspecified atom stereocenters. The summed E-state index contributed by atoms with van der Waals surface area (Å²) in [6.45, 7) is 1.54. The molecule has 1 aromatic carbocycles. The Labute approximate surface area is 114 Å². The molecule has 1 rings (SSSR count). The maximum absolute atomic E-state index is 11.2. The number of halogens is 2. The summed E-state index contributed by atoms with van der Waals surface area (Å²) in [4.78, 5) is 11.2. The Morgan fingerprint density at radius 1 is 1.47 bits per heavy atom. The second kappa shape index (κ2) is 5.30. The van der Waals surface area contributed by atoms with Crippen molar-refractivity contribution >= 4 is 51.2 Å². The van der Waals surface area contributed by atoms with Crippen molar-refractivity contribution in [1.29, 1.82) is 0 Å². The van der Waals surface area contributed by atoms with E-state index in [9.17, 15) is 9.90 Å². The minimum Gasteiger partial charge on any atom is -0.507 e. The van der Waals surface area contributed by atoms with Gasteiger partial charge in [0.25, 0.3) is 0 Å². The maximum atomic E-state index is 11.2. The smallest absolute Gasteiger partial charge is 0.328 e. The first-order chi connectivity index (χ1) is 6.91. The van der Waals surface area contributed by atoms with E-state index in [-0.39, 0.29) is 5.75 Å². The van der Waals surface area contributed by atoms with Crippen molar-refractivity contribution in [3.05, 3.63) is 19.3 Å². The molecule has 1 aromatic rings. The Bertz CT molecular complexity index is 393. The predicted octanol–water partition coefficient (Wildman–Crippen LogP) is 1.85. The first kappa shape index (κ1) is 13.0. The van der Waals surface area contributed by atoms with Crippen LogP contribution in [0.25, 0.3) is 0 Å². The van der Waals surface area contributed by atoms with Crippen molar-refractivity contribution in [3.8, 4) is 11.5 Å². The lowest BCUT2D eigenvalue weighted by Gasteiger charge is -2.09. The molecule has 6 heteroatoms. The van der Waals surface area contributed by atoms with Crippen molar-refractivity contribution in [2.45, 2.75) is 13.0 Å². The fourth-order valence-electron chi connectivity index (χ4n) is 0.798. The van der Waals surface area contributed by atoms with Gasteiger partial charge in [0, 0.05) is 6.07 Å². The second-order valence-corrected chi connectivity index (χ2v) is 5.27. The van der Waals surface area contributed by atoms with Gasteiger partial charge in [0.05, 0.1) is 7.14 Å². The lowest BCUT2D eigenvalue weighted by molar-refractivity contribution is -0.135. The first-order valence-electron chi connectivity index (χ1n) is 4.07. The van der Waals surface area contributed by atoms with Gasteiger partial charge in [-0.15, -0.1) is 0 Å². The summed E-state index contributed by atoms with van der Waals surface area (Å²) >= 11 is 4.02. The second-order valence-electron chi connectivity index (χ2n) is 2.94. The van der Waals surface area contributed by atoms with Crippen LogP contribution >= 0.6 is 45.2 Å². The van der Waals surface area contributed by atoms with Crippen LogP contribution in [0.15, 0.2) is 12.1 Å². The third kappa shape index (κ3) is 3.45. The van der Waals surface area contributed by atoms with Crippen molar-refractivity contribution < 1.29 is 14.6 Å². The summed E-state index contributed by atoms with van der Waals surface area (Å²) in [5.41, 5.74) is 5.36. The predicted molar refractivity (Wildman–Crippen MR) is 72.8 cm³/mol. The third-order valence-corrected chi connectivity index (χ3v) is 3.29. The quantitative estimate of drug-likeness (QED) is 0.425. The van der Waals surface area contributed by atoms with E-state index in [2.05, 4.69) is 0 Å². The summed E-state index contributed by atoms with van der Waals surface area (Å²) in [7, 11) is 0. The van der Waals surface area contributed by atoms with Crippen molar-refractivity contribution in [2.24, 2.45) is 5.73 Å². The number of hydrogen-bond donors (Lipinski definition) is 2. The van der Waals surface area contributed by atoms with Crippen LogP contribution in [0, 0.1) is 7.14 Å². The molecule has 3 N–H and O–H groups in total. The van der Waals surface area contributed by atoms with Gasteiger partial charge in [-0.2, -0.15) is 0 Å². The zero-order chi connectivity index (χ0) is 11.6. The van der Waals surface area contributed by atoms with Crippen molar-refractivity contribution in [3.63, 3.8) is 0 Å². The molecule has 82 valence electrons. The minimum absolute atomic E-state index is 0.0866. The number of hydrogen-bond acceptors (Lipinski definition) is 4. The van der Waals surface area contributed by atoms with Gasteiger partial charge in [0.1, 0.15) is 17.5 Å². The molecule has 0 aliphatic heterocycles. The summed E-state index contributed by atoms with van der Waals surface area (Å²) in [5.74, 6) is -0.104. The number of nitrogens with two attached hydrogens (primary N) is 1. The number of ether oxygens (including phenoxy) is 1. The lowest BCUT2D eigenvalue weighted by Crippen LogP contribution is -2.31. The summed E-state index contributed by atoms with van der Waals surface area (Å²) in [6.07, 6.45) is 0. The molecule has 0 amide bonds. The first-order valence-corrected chi connectivity index (χ1v) is 6.23. The molecular formula is C9H9I2NO3. The number of aromatic hydroxyl groups is 1. The Hall–Kier alpha value is -0.0900. The highest BCUT2D eigenvalue weighted by Gasteiger charge is 2.14. The molecular weight excluding hydrogens is 424 g/mol. The Morgan fingerprint density at radius 3 is 2.60 bits per heavy atom. The van der Waals surface area contributed by atoms with Crippen molar-refractivity contribution in [1.82, 2.24) is 0 Å². The van der Waals surface area contributed by atoms with E-state index in [1.54, 1.807) is 13.0 Å². The highest BCUT2D eigenvalue weighted by Crippen LogP contribution is 2.30. The number of esters is 1. The molecule has 15 heavy (non-hydrogen) atoms. The van der Waals surface area contributed by atoms with Crippen LogP contribution < -0.4 is 10.5 Å². The average Bonchev–Trinajstić information content (AvgIpc) is 2.13. The Morgan fingerprint density at radius 2 is 2.07 bits per heavy atom. The summed E-state index contributed by atoms with van der Waals surface area (Å²) in [6, 6.07) is 2.45. The molecule has 0 spiro atoms. The molecule has 0 radical (unpaired) electrons. The van der Waals surface area contributed by atoms with Gasteiger partial charge in [0.15, 0.2) is 0 Å². The van der Waals surface area contributed by atoms with Crippen LogP contribution in [-0.4, -0.2) is 17.1 Å². The van der Waals surface area contributed by atoms with Gasteiger partial charge in [0.2, 0.25) is 0 Å². The van der Waals surface area contributed by atoms with Gasteiger partial charge in [-0.3, -0.25) is 0 Å². The van der Waals surface area contributed by atoms with Gasteiger partial charge in [-0.25, -0.2) is 4.79 Å².